The van der Waals surface area contributed by atoms with Crippen molar-refractivity contribution in [1.82, 2.24) is 0 Å². The van der Waals surface area contributed by atoms with Crippen LogP contribution < -0.4 is 24.6 Å². The summed E-state index contributed by atoms with van der Waals surface area (Å²) in [6.45, 7) is 0. The van der Waals surface area contributed by atoms with Crippen LogP contribution in [-0.4, -0.2) is 20.0 Å². The number of ketones is 1. The molecule has 0 aliphatic rings. The molecule has 0 saturated heterocycles. The fourth-order valence-electron chi connectivity index (χ4n) is 3.46. The molecule has 0 aromatic heterocycles. The Morgan fingerprint density at radius 2 is 1.21 bits per heavy atom. The fraction of sp³-hybridized carbons (Fsp3) is 0.0741. The molecule has 0 saturated carbocycles. The molecule has 33 heavy (non-hydrogen) atoms. The van der Waals surface area contributed by atoms with Crippen LogP contribution in [-0.2, 0) is 4.57 Å². The third kappa shape index (κ3) is 4.69. The van der Waals surface area contributed by atoms with Crippen LogP contribution in [0, 0.1) is 0 Å². The van der Waals surface area contributed by atoms with Gasteiger partial charge in [-0.25, -0.2) is 0 Å². The quantitative estimate of drug-likeness (QED) is 0.267. The highest BCUT2D eigenvalue weighted by atomic mass is 31.2. The Morgan fingerprint density at radius 1 is 0.667 bits per heavy atom. The maximum atomic E-state index is 14.1. The molecule has 0 spiro atoms. The van der Waals surface area contributed by atoms with Gasteiger partial charge in [0.1, 0.15) is 17.2 Å². The van der Waals surface area contributed by atoms with E-state index >= 15 is 0 Å². The number of carbonyl (C=O) groups is 1. The van der Waals surface area contributed by atoms with Crippen molar-refractivity contribution in [2.45, 2.75) is 0 Å². The molecule has 4 rings (SSSR count). The van der Waals surface area contributed by atoms with Gasteiger partial charge in [-0.2, -0.15) is 0 Å². The molecule has 0 radical (unpaired) electrons. The minimum absolute atomic E-state index is 0.199. The smallest absolute Gasteiger partial charge is 0.306 e. The van der Waals surface area contributed by atoms with Crippen molar-refractivity contribution in [3.63, 3.8) is 0 Å². The zero-order chi connectivity index (χ0) is 23.3. The molecular formula is C27H23O5P. The molecule has 0 atom stereocenters. The van der Waals surface area contributed by atoms with Gasteiger partial charge in [0, 0.05) is 11.6 Å². The molecule has 166 valence electrons. The Hall–Kier alpha value is -3.82. The molecule has 0 aliphatic heterocycles. The van der Waals surface area contributed by atoms with Gasteiger partial charge in [-0.15, -0.1) is 0 Å². The first-order valence-corrected chi connectivity index (χ1v) is 12.0. The number of hydrogen-bond acceptors (Lipinski definition) is 5. The van der Waals surface area contributed by atoms with Crippen LogP contribution in [0.4, 0.5) is 0 Å². The highest BCUT2D eigenvalue weighted by molar-refractivity contribution is 7.74. The molecule has 0 N–H and O–H groups in total. The van der Waals surface area contributed by atoms with Crippen LogP contribution in [0.5, 0.6) is 17.2 Å². The van der Waals surface area contributed by atoms with Gasteiger partial charge in [-0.05, 0) is 60.7 Å². The summed E-state index contributed by atoms with van der Waals surface area (Å²) in [6.07, 6.45) is 0. The van der Waals surface area contributed by atoms with Crippen LogP contribution in [0.3, 0.4) is 0 Å². The maximum Gasteiger partial charge on any atom is 0.306 e. The number of ether oxygens (including phenoxy) is 2. The second-order valence-electron chi connectivity index (χ2n) is 7.23. The molecule has 0 amide bonds. The van der Waals surface area contributed by atoms with Gasteiger partial charge in [0.05, 0.1) is 30.4 Å². The van der Waals surface area contributed by atoms with E-state index in [9.17, 15) is 9.36 Å². The Kier molecular flexibility index (Phi) is 6.62. The molecule has 0 bridgehead atoms. The van der Waals surface area contributed by atoms with Crippen LogP contribution in [0.2, 0.25) is 0 Å². The standard InChI is InChI=1S/C27H23O5P/c1-30-22-17-18-25(26(19-22)31-2)27(28)20-13-15-21(16-14-20)32-33(29,23-9-5-3-6-10-23)24-11-7-4-8-12-24/h3-19H,1-2H3. The highest BCUT2D eigenvalue weighted by Gasteiger charge is 2.30. The van der Waals surface area contributed by atoms with Crippen molar-refractivity contribution in [3.8, 4) is 17.2 Å². The topological polar surface area (TPSA) is 61.8 Å². The van der Waals surface area contributed by atoms with Crippen LogP contribution in [0.1, 0.15) is 15.9 Å². The van der Waals surface area contributed by atoms with E-state index in [4.69, 9.17) is 14.0 Å². The molecule has 0 fully saturated rings. The van der Waals surface area contributed by atoms with Gasteiger partial charge >= 0.3 is 7.37 Å². The summed E-state index contributed by atoms with van der Waals surface area (Å²) in [4.78, 5) is 13.0. The zero-order valence-corrected chi connectivity index (χ0v) is 19.2. The Morgan fingerprint density at radius 3 is 1.73 bits per heavy atom. The van der Waals surface area contributed by atoms with Gasteiger partial charge in [-0.1, -0.05) is 36.4 Å². The fourth-order valence-corrected chi connectivity index (χ4v) is 5.52. The number of methoxy groups -OCH3 is 2. The summed E-state index contributed by atoms with van der Waals surface area (Å²) in [5.41, 5.74) is 0.881. The van der Waals surface area contributed by atoms with E-state index < -0.39 is 7.37 Å². The van der Waals surface area contributed by atoms with Crippen molar-refractivity contribution < 1.29 is 23.4 Å². The normalized spacial score (nSPS) is 11.0. The van der Waals surface area contributed by atoms with Gasteiger partial charge < -0.3 is 14.0 Å². The second kappa shape index (κ2) is 9.76. The second-order valence-corrected chi connectivity index (χ2v) is 9.55. The SMILES string of the molecule is COc1ccc(C(=O)c2ccc(OP(=O)(c3ccccc3)c3ccccc3)cc2)c(OC)c1. The molecule has 5 nitrogen and oxygen atoms in total. The molecular weight excluding hydrogens is 435 g/mol. The molecule has 0 unspecified atom stereocenters. The van der Waals surface area contributed by atoms with Crippen molar-refractivity contribution in [3.05, 3.63) is 114 Å². The summed E-state index contributed by atoms with van der Waals surface area (Å²) < 4.78 is 30.7. The maximum absolute atomic E-state index is 14.1. The number of benzene rings is 4. The number of hydrogen-bond donors (Lipinski definition) is 0. The van der Waals surface area contributed by atoms with Crippen LogP contribution in [0.25, 0.3) is 0 Å². The van der Waals surface area contributed by atoms with Crippen molar-refractivity contribution in [2.75, 3.05) is 14.2 Å². The summed E-state index contributed by atoms with van der Waals surface area (Å²) in [5.74, 6) is 1.24. The first kappa shape index (κ1) is 22.4. The van der Waals surface area contributed by atoms with E-state index in [1.54, 1.807) is 73.8 Å². The largest absolute Gasteiger partial charge is 0.497 e. The lowest BCUT2D eigenvalue weighted by Gasteiger charge is -2.20. The van der Waals surface area contributed by atoms with E-state index in [1.165, 1.54) is 7.11 Å². The van der Waals surface area contributed by atoms with Crippen molar-refractivity contribution >= 4 is 23.8 Å². The van der Waals surface area contributed by atoms with Crippen LogP contribution in [0.15, 0.2) is 103 Å². The van der Waals surface area contributed by atoms with E-state index in [1.807, 2.05) is 36.4 Å². The third-order valence-corrected chi connectivity index (χ3v) is 7.62. The first-order valence-electron chi connectivity index (χ1n) is 10.3. The van der Waals surface area contributed by atoms with Gasteiger partial charge in [0.15, 0.2) is 5.78 Å². The minimum Gasteiger partial charge on any atom is -0.497 e. The summed E-state index contributed by atoms with van der Waals surface area (Å²) in [5, 5.41) is 1.19. The van der Waals surface area contributed by atoms with Gasteiger partial charge in [0.2, 0.25) is 0 Å². The summed E-state index contributed by atoms with van der Waals surface area (Å²) in [6, 6.07) is 29.9. The lowest BCUT2D eigenvalue weighted by molar-refractivity contribution is 0.103. The average molecular weight is 458 g/mol. The third-order valence-electron chi connectivity index (χ3n) is 5.20. The predicted octanol–water partition coefficient (Wildman–Crippen LogP) is 5.24. The van der Waals surface area contributed by atoms with E-state index in [0.717, 1.165) is 0 Å². The van der Waals surface area contributed by atoms with Gasteiger partial charge in [-0.3, -0.25) is 9.36 Å². The molecule has 4 aromatic carbocycles. The minimum atomic E-state index is -3.38. The Balaban J connectivity index is 1.64. The number of rotatable bonds is 8. The monoisotopic (exact) mass is 458 g/mol. The van der Waals surface area contributed by atoms with E-state index in [2.05, 4.69) is 0 Å². The summed E-state index contributed by atoms with van der Waals surface area (Å²) >= 11 is 0. The predicted molar refractivity (Wildman–Crippen MR) is 130 cm³/mol. The molecule has 0 heterocycles. The van der Waals surface area contributed by atoms with Gasteiger partial charge in [0.25, 0.3) is 0 Å². The summed E-state index contributed by atoms with van der Waals surface area (Å²) in [7, 11) is -0.322. The van der Waals surface area contributed by atoms with Crippen molar-refractivity contribution in [1.29, 1.82) is 0 Å². The van der Waals surface area contributed by atoms with Crippen LogP contribution >= 0.6 is 7.37 Å². The Labute approximate surface area is 193 Å². The Bertz CT molecular complexity index is 1240. The van der Waals surface area contributed by atoms with Crippen molar-refractivity contribution in [2.24, 2.45) is 0 Å². The molecule has 4 aromatic rings. The lowest BCUT2D eigenvalue weighted by atomic mass is 10.0. The first-order chi connectivity index (χ1) is 16.0. The molecule has 6 heteroatoms. The zero-order valence-electron chi connectivity index (χ0n) is 18.3. The highest BCUT2D eigenvalue weighted by Crippen LogP contribution is 2.45. The lowest BCUT2D eigenvalue weighted by Crippen LogP contribution is -2.20. The number of carbonyl (C=O) groups excluding carboxylic acids is 1. The van der Waals surface area contributed by atoms with E-state index in [0.29, 0.717) is 39.0 Å². The van der Waals surface area contributed by atoms with E-state index in [-0.39, 0.29) is 5.78 Å². The average Bonchev–Trinajstić information content (AvgIpc) is 2.89. The molecule has 0 aliphatic carbocycles.